The fraction of sp³-hybridized carbons (Fsp3) is 0.909. The van der Waals surface area contributed by atoms with Gasteiger partial charge >= 0.3 is 0 Å². The summed E-state index contributed by atoms with van der Waals surface area (Å²) >= 11 is 0. The summed E-state index contributed by atoms with van der Waals surface area (Å²) in [5, 5.41) is 3.17. The molecule has 0 aliphatic rings. The van der Waals surface area contributed by atoms with Gasteiger partial charge in [-0.2, -0.15) is 0 Å². The molecular formula is C11H25N3O. The maximum absolute atomic E-state index is 11.6. The molecule has 0 aromatic heterocycles. The quantitative estimate of drug-likeness (QED) is 0.595. The Morgan fingerprint density at radius 2 is 1.73 bits per heavy atom. The summed E-state index contributed by atoms with van der Waals surface area (Å²) in [6.07, 6.45) is 0. The van der Waals surface area contributed by atoms with Crippen molar-refractivity contribution in [3.05, 3.63) is 0 Å². The van der Waals surface area contributed by atoms with Crippen LogP contribution >= 0.6 is 0 Å². The molecule has 1 amide bonds. The van der Waals surface area contributed by atoms with E-state index in [0.29, 0.717) is 6.54 Å². The Labute approximate surface area is 93.6 Å². The van der Waals surface area contributed by atoms with Gasteiger partial charge in [-0.3, -0.25) is 4.79 Å². The standard InChI is InChI=1S/C11H25N3O/c1-5-13(4)9-8-12-10-11(15)14(6-2)7-3/h12H,5-10H2,1-4H3. The first kappa shape index (κ1) is 14.4. The third kappa shape index (κ3) is 6.47. The monoisotopic (exact) mass is 215 g/mol. The summed E-state index contributed by atoms with van der Waals surface area (Å²) in [7, 11) is 2.08. The van der Waals surface area contributed by atoms with Gasteiger partial charge in [0.2, 0.25) is 5.91 Å². The molecule has 0 aromatic rings. The highest BCUT2D eigenvalue weighted by molar-refractivity contribution is 5.78. The molecule has 0 radical (unpaired) electrons. The van der Waals surface area contributed by atoms with Crippen molar-refractivity contribution >= 4 is 5.91 Å². The number of hydrogen-bond donors (Lipinski definition) is 1. The number of amides is 1. The van der Waals surface area contributed by atoms with Crippen molar-refractivity contribution in [2.24, 2.45) is 0 Å². The van der Waals surface area contributed by atoms with E-state index in [-0.39, 0.29) is 5.91 Å². The van der Waals surface area contributed by atoms with Gasteiger partial charge in [-0.1, -0.05) is 6.92 Å². The van der Waals surface area contributed by atoms with E-state index in [4.69, 9.17) is 0 Å². The van der Waals surface area contributed by atoms with Crippen molar-refractivity contribution in [2.45, 2.75) is 20.8 Å². The minimum atomic E-state index is 0.194. The first-order valence-electron chi connectivity index (χ1n) is 5.82. The molecule has 0 aromatic carbocycles. The summed E-state index contributed by atoms with van der Waals surface area (Å²) < 4.78 is 0. The Morgan fingerprint density at radius 1 is 1.13 bits per heavy atom. The third-order valence-corrected chi connectivity index (χ3v) is 2.60. The first-order chi connectivity index (χ1) is 7.15. The maximum atomic E-state index is 11.6. The normalized spacial score (nSPS) is 10.7. The fourth-order valence-corrected chi connectivity index (χ4v) is 1.31. The highest BCUT2D eigenvalue weighted by Crippen LogP contribution is 1.87. The van der Waals surface area contributed by atoms with Crippen molar-refractivity contribution in [3.63, 3.8) is 0 Å². The molecule has 0 fully saturated rings. The molecule has 0 bridgehead atoms. The molecule has 0 aliphatic carbocycles. The lowest BCUT2D eigenvalue weighted by molar-refractivity contribution is -0.129. The molecule has 0 aliphatic heterocycles. The molecule has 0 atom stereocenters. The lowest BCUT2D eigenvalue weighted by Crippen LogP contribution is -2.40. The van der Waals surface area contributed by atoms with Crippen LogP contribution in [0.5, 0.6) is 0 Å². The van der Waals surface area contributed by atoms with E-state index in [2.05, 4.69) is 24.2 Å². The minimum absolute atomic E-state index is 0.194. The van der Waals surface area contributed by atoms with Crippen LogP contribution in [-0.2, 0) is 4.79 Å². The Balaban J connectivity index is 3.54. The van der Waals surface area contributed by atoms with Gasteiger partial charge in [0.25, 0.3) is 0 Å². The van der Waals surface area contributed by atoms with E-state index >= 15 is 0 Å². The van der Waals surface area contributed by atoms with Crippen LogP contribution in [-0.4, -0.2) is 62.0 Å². The number of carbonyl (C=O) groups excluding carboxylic acids is 1. The lowest BCUT2D eigenvalue weighted by Gasteiger charge is -2.19. The molecule has 4 heteroatoms. The van der Waals surface area contributed by atoms with E-state index in [9.17, 15) is 4.79 Å². The van der Waals surface area contributed by atoms with E-state index in [1.54, 1.807) is 0 Å². The molecule has 0 saturated heterocycles. The molecule has 0 heterocycles. The van der Waals surface area contributed by atoms with Crippen molar-refractivity contribution < 1.29 is 4.79 Å². The number of rotatable bonds is 8. The minimum Gasteiger partial charge on any atom is -0.342 e. The summed E-state index contributed by atoms with van der Waals surface area (Å²) in [6.45, 7) is 11.1. The van der Waals surface area contributed by atoms with Gasteiger partial charge in [-0.15, -0.1) is 0 Å². The van der Waals surface area contributed by atoms with Crippen LogP contribution in [0.4, 0.5) is 0 Å². The second-order valence-electron chi connectivity index (χ2n) is 3.64. The third-order valence-electron chi connectivity index (χ3n) is 2.60. The summed E-state index contributed by atoms with van der Waals surface area (Å²) in [5.41, 5.74) is 0. The molecule has 0 spiro atoms. The predicted octanol–water partition coefficient (Wildman–Crippen LogP) is 0.396. The van der Waals surface area contributed by atoms with E-state index in [1.165, 1.54) is 0 Å². The molecule has 0 unspecified atom stereocenters. The van der Waals surface area contributed by atoms with Gasteiger partial charge in [-0.05, 0) is 27.4 Å². The number of carbonyl (C=O) groups is 1. The van der Waals surface area contributed by atoms with Gasteiger partial charge in [-0.25, -0.2) is 0 Å². The summed E-state index contributed by atoms with van der Waals surface area (Å²) in [4.78, 5) is 15.6. The van der Waals surface area contributed by atoms with Crippen molar-refractivity contribution in [1.82, 2.24) is 15.1 Å². The van der Waals surface area contributed by atoms with E-state index in [1.807, 2.05) is 18.7 Å². The molecule has 0 rings (SSSR count). The maximum Gasteiger partial charge on any atom is 0.236 e. The SMILES string of the molecule is CCN(C)CCNCC(=O)N(CC)CC. The Hall–Kier alpha value is -0.610. The van der Waals surface area contributed by atoms with Crippen molar-refractivity contribution in [2.75, 3.05) is 46.3 Å². The highest BCUT2D eigenvalue weighted by Gasteiger charge is 2.07. The van der Waals surface area contributed by atoms with Crippen LogP contribution in [0.25, 0.3) is 0 Å². The molecular weight excluding hydrogens is 190 g/mol. The molecule has 90 valence electrons. The summed E-state index contributed by atoms with van der Waals surface area (Å²) in [6, 6.07) is 0. The van der Waals surface area contributed by atoms with Crippen molar-refractivity contribution in [3.8, 4) is 0 Å². The molecule has 4 nitrogen and oxygen atoms in total. The van der Waals surface area contributed by atoms with Gasteiger partial charge in [0.15, 0.2) is 0 Å². The van der Waals surface area contributed by atoms with Crippen LogP contribution in [0, 0.1) is 0 Å². The second-order valence-corrected chi connectivity index (χ2v) is 3.64. The van der Waals surface area contributed by atoms with Gasteiger partial charge in [0.1, 0.15) is 0 Å². The van der Waals surface area contributed by atoms with E-state index < -0.39 is 0 Å². The smallest absolute Gasteiger partial charge is 0.236 e. The molecule has 0 saturated carbocycles. The largest absolute Gasteiger partial charge is 0.342 e. The zero-order valence-corrected chi connectivity index (χ0v) is 10.5. The Morgan fingerprint density at radius 3 is 2.20 bits per heavy atom. The number of nitrogens with zero attached hydrogens (tertiary/aromatic N) is 2. The molecule has 15 heavy (non-hydrogen) atoms. The Bertz CT molecular complexity index is 169. The highest BCUT2D eigenvalue weighted by atomic mass is 16.2. The topological polar surface area (TPSA) is 35.6 Å². The molecule has 1 N–H and O–H groups in total. The average molecular weight is 215 g/mol. The predicted molar refractivity (Wildman–Crippen MR) is 64.0 cm³/mol. The van der Waals surface area contributed by atoms with Gasteiger partial charge < -0.3 is 15.1 Å². The zero-order chi connectivity index (χ0) is 11.7. The first-order valence-corrected chi connectivity index (χ1v) is 5.82. The van der Waals surface area contributed by atoms with E-state index in [0.717, 1.165) is 32.7 Å². The number of nitrogens with one attached hydrogen (secondary N) is 1. The zero-order valence-electron chi connectivity index (χ0n) is 10.5. The van der Waals surface area contributed by atoms with Crippen LogP contribution in [0.3, 0.4) is 0 Å². The van der Waals surface area contributed by atoms with Crippen LogP contribution in [0.15, 0.2) is 0 Å². The second kappa shape index (κ2) is 8.68. The van der Waals surface area contributed by atoms with Crippen LogP contribution in [0.2, 0.25) is 0 Å². The van der Waals surface area contributed by atoms with Crippen LogP contribution < -0.4 is 5.32 Å². The number of hydrogen-bond acceptors (Lipinski definition) is 3. The average Bonchev–Trinajstić information content (AvgIpc) is 2.25. The Kier molecular flexibility index (Phi) is 8.33. The summed E-state index contributed by atoms with van der Waals surface area (Å²) in [5.74, 6) is 0.194. The number of likely N-dealkylation sites (N-methyl/N-ethyl adjacent to an activating group) is 2. The van der Waals surface area contributed by atoms with Crippen molar-refractivity contribution in [1.29, 1.82) is 0 Å². The van der Waals surface area contributed by atoms with Gasteiger partial charge in [0, 0.05) is 26.2 Å². The fourth-order valence-electron chi connectivity index (χ4n) is 1.31. The van der Waals surface area contributed by atoms with Crippen LogP contribution in [0.1, 0.15) is 20.8 Å². The lowest BCUT2D eigenvalue weighted by atomic mass is 10.4. The van der Waals surface area contributed by atoms with Gasteiger partial charge in [0.05, 0.1) is 6.54 Å².